The van der Waals surface area contributed by atoms with Crippen LogP contribution in [-0.2, 0) is 19.3 Å². The molecular weight excluding hydrogens is 282 g/mol. The molecule has 0 aliphatic heterocycles. The Bertz CT molecular complexity index is 552. The van der Waals surface area contributed by atoms with E-state index >= 15 is 0 Å². The number of aromatic nitrogens is 2. The summed E-state index contributed by atoms with van der Waals surface area (Å²) in [6.45, 7) is 4.27. The van der Waals surface area contributed by atoms with Crippen LogP contribution in [0.4, 0.5) is 0 Å². The lowest BCUT2D eigenvalue weighted by atomic mass is 9.99. The van der Waals surface area contributed by atoms with Gasteiger partial charge in [0.1, 0.15) is 0 Å². The number of nitrogens with zero attached hydrogens (tertiary/aromatic N) is 2. The number of hydrogen-bond acceptors (Lipinski definition) is 5. The number of rotatable bonds is 7. The Morgan fingerprint density at radius 2 is 2.14 bits per heavy atom. The zero-order chi connectivity index (χ0) is 14.5. The quantitative estimate of drug-likeness (QED) is 0.794. The van der Waals surface area contributed by atoms with Crippen LogP contribution in [0.1, 0.15) is 48.9 Å². The van der Waals surface area contributed by atoms with Gasteiger partial charge in [-0.25, -0.2) is 0 Å². The van der Waals surface area contributed by atoms with Crippen LogP contribution >= 0.6 is 11.3 Å². The van der Waals surface area contributed by atoms with Gasteiger partial charge >= 0.3 is 0 Å². The van der Waals surface area contributed by atoms with Gasteiger partial charge in [-0.3, -0.25) is 0 Å². The van der Waals surface area contributed by atoms with E-state index in [1.54, 1.807) is 0 Å². The lowest BCUT2D eigenvalue weighted by molar-refractivity contribution is 0.492. The van der Waals surface area contributed by atoms with Crippen molar-refractivity contribution in [1.29, 1.82) is 0 Å². The van der Waals surface area contributed by atoms with Gasteiger partial charge in [0, 0.05) is 11.3 Å². The van der Waals surface area contributed by atoms with Crippen LogP contribution in [0.15, 0.2) is 10.5 Å². The molecule has 2 aromatic heterocycles. The molecule has 114 valence electrons. The molecule has 0 fully saturated rings. The summed E-state index contributed by atoms with van der Waals surface area (Å²) >= 11 is 1.83. The molecule has 1 N–H and O–H groups in total. The van der Waals surface area contributed by atoms with Crippen LogP contribution < -0.4 is 5.32 Å². The largest absolute Gasteiger partial charge is 0.420 e. The molecule has 3 rings (SSSR count). The molecule has 5 heteroatoms. The number of thiophene rings is 1. The van der Waals surface area contributed by atoms with Crippen molar-refractivity contribution in [3.05, 3.63) is 22.4 Å². The van der Waals surface area contributed by atoms with Gasteiger partial charge in [-0.05, 0) is 63.2 Å². The van der Waals surface area contributed by atoms with Crippen molar-refractivity contribution in [2.75, 3.05) is 13.1 Å². The summed E-state index contributed by atoms with van der Waals surface area (Å²) < 4.78 is 5.81. The van der Waals surface area contributed by atoms with Gasteiger partial charge in [0.2, 0.25) is 5.89 Å². The maximum Gasteiger partial charge on any atom is 0.257 e. The van der Waals surface area contributed by atoms with Crippen LogP contribution in [0.5, 0.6) is 0 Å². The van der Waals surface area contributed by atoms with Gasteiger partial charge < -0.3 is 9.73 Å². The van der Waals surface area contributed by atoms with E-state index in [9.17, 15) is 0 Å². The number of nitrogens with one attached hydrogen (secondary N) is 1. The number of fused-ring (bicyclic) bond motifs is 1. The second kappa shape index (κ2) is 7.18. The topological polar surface area (TPSA) is 51.0 Å². The van der Waals surface area contributed by atoms with Crippen molar-refractivity contribution >= 4 is 11.3 Å². The van der Waals surface area contributed by atoms with E-state index in [4.69, 9.17) is 4.42 Å². The Hall–Kier alpha value is -1.20. The molecule has 1 aliphatic carbocycles. The van der Waals surface area contributed by atoms with Crippen molar-refractivity contribution in [1.82, 2.24) is 15.5 Å². The predicted octanol–water partition coefficient (Wildman–Crippen LogP) is 3.61. The van der Waals surface area contributed by atoms with Crippen LogP contribution in [0.2, 0.25) is 0 Å². The van der Waals surface area contributed by atoms with Crippen LogP contribution in [0.3, 0.4) is 0 Å². The first-order chi connectivity index (χ1) is 10.4. The minimum absolute atomic E-state index is 0.700. The molecule has 0 unspecified atom stereocenters. The Labute approximate surface area is 130 Å². The maximum absolute atomic E-state index is 5.81. The Balaban J connectivity index is 1.58. The molecule has 21 heavy (non-hydrogen) atoms. The Kier molecular flexibility index (Phi) is 5.04. The van der Waals surface area contributed by atoms with E-state index in [1.165, 1.54) is 42.5 Å². The third-order valence-electron chi connectivity index (χ3n) is 3.85. The van der Waals surface area contributed by atoms with Crippen molar-refractivity contribution in [2.45, 2.75) is 51.9 Å². The Morgan fingerprint density at radius 3 is 3.00 bits per heavy atom. The summed E-state index contributed by atoms with van der Waals surface area (Å²) in [5.74, 6) is 1.46. The third-order valence-corrected chi connectivity index (χ3v) is 5.07. The highest BCUT2D eigenvalue weighted by Gasteiger charge is 2.17. The lowest BCUT2D eigenvalue weighted by Crippen LogP contribution is -2.16. The third kappa shape index (κ3) is 3.71. The monoisotopic (exact) mass is 305 g/mol. The van der Waals surface area contributed by atoms with Gasteiger partial charge in [0.05, 0.1) is 4.88 Å². The number of aryl methyl sites for hydroxylation is 3. The molecule has 0 atom stereocenters. The minimum atomic E-state index is 0.700. The molecule has 4 nitrogen and oxygen atoms in total. The van der Waals surface area contributed by atoms with Gasteiger partial charge in [-0.2, -0.15) is 0 Å². The van der Waals surface area contributed by atoms with Crippen LogP contribution in [0.25, 0.3) is 10.8 Å². The van der Waals surface area contributed by atoms with E-state index in [0.717, 1.165) is 36.7 Å². The molecule has 0 aromatic carbocycles. The van der Waals surface area contributed by atoms with Gasteiger partial charge in [0.25, 0.3) is 5.89 Å². The first kappa shape index (κ1) is 14.7. The summed E-state index contributed by atoms with van der Waals surface area (Å²) in [6, 6.07) is 2.25. The molecule has 0 radical (unpaired) electrons. The highest BCUT2D eigenvalue weighted by molar-refractivity contribution is 7.15. The summed E-state index contributed by atoms with van der Waals surface area (Å²) in [5, 5.41) is 11.8. The average Bonchev–Trinajstić information content (AvgIpc) is 3.13. The van der Waals surface area contributed by atoms with E-state index < -0.39 is 0 Å². The van der Waals surface area contributed by atoms with Gasteiger partial charge in [-0.15, -0.1) is 21.5 Å². The van der Waals surface area contributed by atoms with E-state index in [2.05, 4.69) is 28.5 Å². The first-order valence-electron chi connectivity index (χ1n) is 8.02. The molecule has 0 saturated carbocycles. The molecule has 0 amide bonds. The van der Waals surface area contributed by atoms with E-state index in [0.29, 0.717) is 5.89 Å². The standard InChI is InChI=1S/C16H23N3OS/c1-2-9-17-10-5-8-15-18-19-16(20-15)14-11-12-6-3-4-7-13(12)21-14/h11,17H,2-10H2,1H3. The lowest BCUT2D eigenvalue weighted by Gasteiger charge is -2.08. The smallest absolute Gasteiger partial charge is 0.257 e. The number of hydrogen-bond donors (Lipinski definition) is 1. The summed E-state index contributed by atoms with van der Waals surface area (Å²) in [5.41, 5.74) is 1.49. The van der Waals surface area contributed by atoms with Crippen LogP contribution in [-0.4, -0.2) is 23.3 Å². The molecule has 1 aliphatic rings. The Morgan fingerprint density at radius 1 is 1.24 bits per heavy atom. The van der Waals surface area contributed by atoms with Gasteiger partial charge in [-0.1, -0.05) is 6.92 Å². The van der Waals surface area contributed by atoms with Crippen molar-refractivity contribution < 1.29 is 4.42 Å². The van der Waals surface area contributed by atoms with Crippen molar-refractivity contribution in [3.63, 3.8) is 0 Å². The summed E-state index contributed by atoms with van der Waals surface area (Å²) in [6.07, 6.45) is 8.11. The van der Waals surface area contributed by atoms with Crippen LogP contribution in [0, 0.1) is 0 Å². The molecule has 0 bridgehead atoms. The summed E-state index contributed by atoms with van der Waals surface area (Å²) in [7, 11) is 0. The highest BCUT2D eigenvalue weighted by Crippen LogP contribution is 2.35. The fraction of sp³-hybridized carbons (Fsp3) is 0.625. The normalized spacial score (nSPS) is 14.3. The van der Waals surface area contributed by atoms with Crippen molar-refractivity contribution in [2.24, 2.45) is 0 Å². The predicted molar refractivity (Wildman–Crippen MR) is 85.7 cm³/mol. The van der Waals surface area contributed by atoms with Crippen molar-refractivity contribution in [3.8, 4) is 10.8 Å². The van der Waals surface area contributed by atoms with E-state index in [1.807, 2.05) is 11.3 Å². The average molecular weight is 305 g/mol. The molecule has 2 aromatic rings. The SMILES string of the molecule is CCCNCCCc1nnc(-c2cc3c(s2)CCCC3)o1. The van der Waals surface area contributed by atoms with Gasteiger partial charge in [0.15, 0.2) is 0 Å². The maximum atomic E-state index is 5.81. The molecular formula is C16H23N3OS. The molecule has 0 saturated heterocycles. The zero-order valence-corrected chi connectivity index (χ0v) is 13.5. The molecule has 0 spiro atoms. The minimum Gasteiger partial charge on any atom is -0.420 e. The zero-order valence-electron chi connectivity index (χ0n) is 12.7. The highest BCUT2D eigenvalue weighted by atomic mass is 32.1. The fourth-order valence-corrected chi connectivity index (χ4v) is 3.89. The second-order valence-electron chi connectivity index (χ2n) is 5.62. The summed E-state index contributed by atoms with van der Waals surface area (Å²) in [4.78, 5) is 2.66. The molecule has 2 heterocycles. The first-order valence-corrected chi connectivity index (χ1v) is 8.83. The fourth-order valence-electron chi connectivity index (χ4n) is 2.72. The van der Waals surface area contributed by atoms with E-state index in [-0.39, 0.29) is 0 Å². The second-order valence-corrected chi connectivity index (χ2v) is 6.76.